The SMILES string of the molecule is NCCCC[C@H](NC(=O)[C@@H](N)CCCN=C(N)N)C(=O)NCC(=O)NCC(=O)N[C@@H](Cc1ccccc1)C(=O)N[C@@H](CO)C(=O)N[C@@H](Cc1ccccc1)C(=O)N[C@@H](CCCN=C(N)N)C(=O)N[C@@H](Cc1ccccc1)C(=O)O. The molecule has 0 aliphatic rings. The van der Waals surface area contributed by atoms with Gasteiger partial charge in [0.05, 0.1) is 25.7 Å². The van der Waals surface area contributed by atoms with Crippen LogP contribution >= 0.6 is 0 Å². The van der Waals surface area contributed by atoms with E-state index in [9.17, 15) is 53.4 Å². The Morgan fingerprint density at radius 2 is 0.835 bits per heavy atom. The lowest BCUT2D eigenvalue weighted by atomic mass is 10.0. The van der Waals surface area contributed by atoms with Gasteiger partial charge in [0.2, 0.25) is 47.3 Å². The molecule has 7 atom stereocenters. The summed E-state index contributed by atoms with van der Waals surface area (Å²) >= 11 is 0. The van der Waals surface area contributed by atoms with Crippen LogP contribution in [0.1, 0.15) is 61.6 Å². The van der Waals surface area contributed by atoms with Crippen molar-refractivity contribution in [3.63, 3.8) is 0 Å². The third-order valence-corrected chi connectivity index (χ3v) is 11.9. The Labute approximate surface area is 457 Å². The molecule has 3 aromatic carbocycles. The van der Waals surface area contributed by atoms with E-state index in [2.05, 4.69) is 52.5 Å². The first-order valence-corrected chi connectivity index (χ1v) is 25.7. The number of carbonyl (C=O) groups is 9. The summed E-state index contributed by atoms with van der Waals surface area (Å²) in [6.07, 6.45) is 1.57. The minimum absolute atomic E-state index is 0.0551. The number of carboxylic acid groups (broad SMARTS) is 1. The van der Waals surface area contributed by atoms with Crippen molar-refractivity contribution in [1.29, 1.82) is 0 Å². The number of nitrogens with two attached hydrogens (primary N) is 6. The molecule has 0 aromatic heterocycles. The number of carboxylic acids is 1. The fourth-order valence-electron chi connectivity index (χ4n) is 7.69. The number of amides is 8. The molecule has 27 heteroatoms. The molecule has 27 nitrogen and oxygen atoms in total. The van der Waals surface area contributed by atoms with Crippen molar-refractivity contribution in [2.75, 3.05) is 39.3 Å². The highest BCUT2D eigenvalue weighted by Crippen LogP contribution is 2.10. The molecular formula is C52H76N16O11. The number of aliphatic carboxylic acids is 1. The number of nitrogens with one attached hydrogen (secondary N) is 8. The highest BCUT2D eigenvalue weighted by molar-refractivity contribution is 5.97. The van der Waals surface area contributed by atoms with Gasteiger partial charge >= 0.3 is 5.97 Å². The summed E-state index contributed by atoms with van der Waals surface area (Å²) in [6, 6.07) is 16.1. The molecule has 0 radical (unpaired) electrons. The van der Waals surface area contributed by atoms with E-state index in [-0.39, 0.29) is 70.0 Å². The smallest absolute Gasteiger partial charge is 0.326 e. The van der Waals surface area contributed by atoms with Crippen LogP contribution in [0.15, 0.2) is 101 Å². The monoisotopic (exact) mass is 1100 g/mol. The van der Waals surface area contributed by atoms with Gasteiger partial charge in [0, 0.05) is 32.4 Å². The minimum atomic E-state index is -1.71. The van der Waals surface area contributed by atoms with Crippen LogP contribution in [0.25, 0.3) is 0 Å². The molecule has 3 rings (SSSR count). The molecule has 0 saturated heterocycles. The number of aliphatic hydroxyl groups excluding tert-OH is 1. The molecule has 430 valence electrons. The number of guanidine groups is 2. The maximum atomic E-state index is 14.2. The number of unbranched alkanes of at least 4 members (excludes halogenated alkanes) is 1. The van der Waals surface area contributed by atoms with E-state index in [4.69, 9.17) is 34.4 Å². The molecular weight excluding hydrogens is 1020 g/mol. The quantitative estimate of drug-likeness (QED) is 0.0148. The predicted octanol–water partition coefficient (Wildman–Crippen LogP) is -4.50. The lowest BCUT2D eigenvalue weighted by molar-refractivity contribution is -0.142. The van der Waals surface area contributed by atoms with Crippen LogP contribution in [0.2, 0.25) is 0 Å². The molecule has 3 aromatic rings. The van der Waals surface area contributed by atoms with Crippen LogP contribution < -0.4 is 76.9 Å². The van der Waals surface area contributed by atoms with Crippen LogP contribution in [0.4, 0.5) is 0 Å². The first-order valence-electron chi connectivity index (χ1n) is 25.7. The number of hydrogen-bond donors (Lipinski definition) is 16. The molecule has 0 unspecified atom stereocenters. The van der Waals surface area contributed by atoms with Gasteiger partial charge in [-0.05, 0) is 68.2 Å². The number of carbonyl (C=O) groups excluding carboxylic acids is 8. The lowest BCUT2D eigenvalue weighted by Gasteiger charge is -2.26. The van der Waals surface area contributed by atoms with Crippen molar-refractivity contribution in [1.82, 2.24) is 42.5 Å². The number of aliphatic imine (C=N–C) groups is 2. The van der Waals surface area contributed by atoms with Crippen molar-refractivity contribution in [2.45, 2.75) is 107 Å². The minimum Gasteiger partial charge on any atom is -0.480 e. The molecule has 0 saturated carbocycles. The first kappa shape index (κ1) is 64.6. The summed E-state index contributed by atoms with van der Waals surface area (Å²) in [5.74, 6) is -8.30. The van der Waals surface area contributed by atoms with Crippen LogP contribution in [0.5, 0.6) is 0 Å². The predicted molar refractivity (Wildman–Crippen MR) is 293 cm³/mol. The van der Waals surface area contributed by atoms with Gasteiger partial charge in [-0.1, -0.05) is 91.0 Å². The topological polar surface area (TPSA) is 471 Å². The van der Waals surface area contributed by atoms with Gasteiger partial charge in [-0.25, -0.2) is 4.79 Å². The molecule has 0 bridgehead atoms. The third kappa shape index (κ3) is 25.8. The van der Waals surface area contributed by atoms with Gasteiger partial charge in [0.25, 0.3) is 0 Å². The normalized spacial score (nSPS) is 13.4. The summed E-state index contributed by atoms with van der Waals surface area (Å²) in [5, 5.41) is 40.5. The maximum Gasteiger partial charge on any atom is 0.326 e. The fraction of sp³-hybridized carbons (Fsp3) is 0.442. The van der Waals surface area contributed by atoms with Crippen LogP contribution in [-0.2, 0) is 62.4 Å². The molecule has 8 amide bonds. The Balaban J connectivity index is 1.74. The van der Waals surface area contributed by atoms with E-state index in [1.54, 1.807) is 91.0 Å². The van der Waals surface area contributed by atoms with E-state index in [1.165, 1.54) is 0 Å². The van der Waals surface area contributed by atoms with Crippen LogP contribution in [0.3, 0.4) is 0 Å². The summed E-state index contributed by atoms with van der Waals surface area (Å²) < 4.78 is 0. The lowest BCUT2D eigenvalue weighted by Crippen LogP contribution is -2.60. The van der Waals surface area contributed by atoms with Gasteiger partial charge in [-0.15, -0.1) is 0 Å². The van der Waals surface area contributed by atoms with E-state index in [0.717, 1.165) is 0 Å². The molecule has 0 fully saturated rings. The summed E-state index contributed by atoms with van der Waals surface area (Å²) in [4.78, 5) is 128. The highest BCUT2D eigenvalue weighted by atomic mass is 16.4. The number of rotatable bonds is 36. The zero-order chi connectivity index (χ0) is 58.1. The largest absolute Gasteiger partial charge is 0.480 e. The van der Waals surface area contributed by atoms with Gasteiger partial charge < -0.3 is 87.1 Å². The third-order valence-electron chi connectivity index (χ3n) is 11.9. The van der Waals surface area contributed by atoms with Crippen LogP contribution in [0, 0.1) is 0 Å². The first-order chi connectivity index (χ1) is 37.8. The Morgan fingerprint density at radius 3 is 1.33 bits per heavy atom. The average Bonchev–Trinajstić information content (AvgIpc) is 3.43. The second-order valence-corrected chi connectivity index (χ2v) is 18.3. The standard InChI is InChI=1S/C52H76N16O11/c53-23-11-10-21-36(64-44(72)35(54)20-12-24-59-51(55)56)45(73)62-29-42(70)61-30-43(71)63-38(26-32-14-4-1-5-15-32)47(75)68-41(31-69)49(77)66-39(27-33-16-6-2-7-17-33)48(76)65-37(22-13-25-60-52(57)58)46(74)67-40(50(78)79)28-34-18-8-3-9-19-34/h1-9,14-19,35-41,69H,10-13,20-31,53-54H2,(H,61,70)(H,62,73)(H,63,71)(H,64,72)(H,65,76)(H,66,77)(H,67,74)(H,68,75)(H,78,79)(H4,55,56,59)(H4,57,58,60)/t35-,36-,37-,38-,39-,40-,41-/m0/s1. The number of aliphatic hydroxyl groups is 1. The van der Waals surface area contributed by atoms with Gasteiger partial charge in [-0.3, -0.25) is 48.3 Å². The van der Waals surface area contributed by atoms with E-state index >= 15 is 0 Å². The van der Waals surface area contributed by atoms with Crippen molar-refractivity contribution in [3.05, 3.63) is 108 Å². The van der Waals surface area contributed by atoms with Crippen molar-refractivity contribution < 1.29 is 53.4 Å². The Morgan fingerprint density at radius 1 is 0.443 bits per heavy atom. The maximum absolute atomic E-state index is 14.2. The Kier molecular flexibility index (Phi) is 29.1. The number of benzene rings is 3. The van der Waals surface area contributed by atoms with Crippen LogP contribution in [-0.4, -0.2) is 157 Å². The summed E-state index contributed by atoms with van der Waals surface area (Å²) in [7, 11) is 0. The van der Waals surface area contributed by atoms with Crippen molar-refractivity contribution in [2.24, 2.45) is 44.4 Å². The van der Waals surface area contributed by atoms with E-state index < -0.39 is 115 Å². The zero-order valence-electron chi connectivity index (χ0n) is 43.9. The van der Waals surface area contributed by atoms with E-state index in [0.29, 0.717) is 42.5 Å². The molecule has 0 heterocycles. The van der Waals surface area contributed by atoms with Gasteiger partial charge in [0.1, 0.15) is 36.3 Å². The Hall–Kier alpha value is -8.69. The molecule has 0 aliphatic carbocycles. The zero-order valence-corrected chi connectivity index (χ0v) is 43.9. The van der Waals surface area contributed by atoms with Gasteiger partial charge in [-0.2, -0.15) is 0 Å². The van der Waals surface area contributed by atoms with E-state index in [1.807, 2.05) is 0 Å². The average molecular weight is 1100 g/mol. The van der Waals surface area contributed by atoms with Gasteiger partial charge in [0.15, 0.2) is 11.9 Å². The summed E-state index contributed by atoms with van der Waals surface area (Å²) in [6.45, 7) is -1.61. The van der Waals surface area contributed by atoms with Crippen molar-refractivity contribution in [3.8, 4) is 0 Å². The molecule has 0 spiro atoms. The highest BCUT2D eigenvalue weighted by Gasteiger charge is 2.33. The number of hydrogen-bond acceptors (Lipinski definition) is 14. The summed E-state index contributed by atoms with van der Waals surface area (Å²) in [5.41, 5.74) is 35.0. The number of nitrogens with zero attached hydrogens (tertiary/aromatic N) is 2. The molecule has 79 heavy (non-hydrogen) atoms. The van der Waals surface area contributed by atoms with Crippen molar-refractivity contribution >= 4 is 65.1 Å². The molecule has 0 aliphatic heterocycles. The molecule has 22 N–H and O–H groups in total. The Bertz CT molecular complexity index is 2500. The second-order valence-electron chi connectivity index (χ2n) is 18.3. The second kappa shape index (κ2) is 35.6. The fourth-order valence-corrected chi connectivity index (χ4v) is 7.69.